The Hall–Kier alpha value is -6.58. The molecule has 0 spiro atoms. The van der Waals surface area contributed by atoms with Crippen molar-refractivity contribution in [3.8, 4) is 11.5 Å². The predicted octanol–water partition coefficient (Wildman–Crippen LogP) is 4.20. The van der Waals surface area contributed by atoms with Crippen LogP contribution in [0.5, 0.6) is 11.5 Å². The molecule has 2 aliphatic heterocycles. The number of piperidine rings is 2. The van der Waals surface area contributed by atoms with Gasteiger partial charge in [-0.2, -0.15) is 9.97 Å². The van der Waals surface area contributed by atoms with Crippen LogP contribution in [0.1, 0.15) is 85.2 Å². The number of ether oxygens (including phenoxy) is 2. The van der Waals surface area contributed by atoms with Crippen LogP contribution in [-0.2, 0) is 9.59 Å². The van der Waals surface area contributed by atoms with Crippen LogP contribution in [0.2, 0.25) is 0 Å². The van der Waals surface area contributed by atoms with Crippen molar-refractivity contribution in [2.24, 2.45) is 0 Å². The molecule has 8 N–H and O–H groups in total. The highest BCUT2D eigenvalue weighted by molar-refractivity contribution is 6.13. The number of nitrogens with two attached hydrogens (primary N) is 2. The van der Waals surface area contributed by atoms with E-state index >= 15 is 0 Å². The summed E-state index contributed by atoms with van der Waals surface area (Å²) >= 11 is 0. The van der Waals surface area contributed by atoms with E-state index < -0.39 is 29.2 Å². The summed E-state index contributed by atoms with van der Waals surface area (Å²) in [5.41, 5.74) is 12.3. The van der Waals surface area contributed by atoms with Gasteiger partial charge in [-0.05, 0) is 101 Å². The van der Waals surface area contributed by atoms with E-state index in [0.717, 1.165) is 77.1 Å². The van der Waals surface area contributed by atoms with E-state index in [1.165, 1.54) is 50.9 Å². The fourth-order valence-corrected chi connectivity index (χ4v) is 7.27. The molecular formula is C46H64F2N12O7. The molecule has 21 heteroatoms. The molecule has 0 bridgehead atoms. The zero-order chi connectivity index (χ0) is 49.0. The van der Waals surface area contributed by atoms with Crippen molar-refractivity contribution in [2.45, 2.75) is 65.5 Å². The lowest BCUT2D eigenvalue weighted by molar-refractivity contribution is -0.138. The summed E-state index contributed by atoms with van der Waals surface area (Å²) in [5.74, 6) is -1.46. The Morgan fingerprint density at radius 2 is 1.12 bits per heavy atom. The molecule has 0 atom stereocenters. The number of nitrogens with one attached hydrogen (secondary N) is 3. The van der Waals surface area contributed by atoms with E-state index in [1.54, 1.807) is 0 Å². The monoisotopic (exact) mass is 934 g/mol. The fraction of sp³-hybridized carbons (Fsp3) is 0.478. The summed E-state index contributed by atoms with van der Waals surface area (Å²) in [4.78, 5) is 70.7. The number of hydrogen-bond donors (Lipinski definition) is 6. The number of carboxylic acids is 1. The number of likely N-dealkylation sites (tertiary alicyclic amines) is 1. The van der Waals surface area contributed by atoms with Crippen LogP contribution in [-0.4, -0.2) is 155 Å². The Bertz CT molecular complexity index is 2270. The third-order valence-corrected chi connectivity index (χ3v) is 11.3. The summed E-state index contributed by atoms with van der Waals surface area (Å²) in [7, 11) is 2.81. The second kappa shape index (κ2) is 26.5. The lowest BCUT2D eigenvalue weighted by atomic mass is 10.0. The first-order valence-electron chi connectivity index (χ1n) is 22.3. The maximum atomic E-state index is 13.7. The zero-order valence-electron chi connectivity index (χ0n) is 39.1. The first-order chi connectivity index (χ1) is 32.1. The quantitative estimate of drug-likeness (QED) is 0.0765. The van der Waals surface area contributed by atoms with Crippen LogP contribution in [0.15, 0.2) is 48.8 Å². The van der Waals surface area contributed by atoms with Gasteiger partial charge in [-0.3, -0.25) is 29.0 Å². The third kappa shape index (κ3) is 15.8. The Balaban J connectivity index is 0.000000253. The number of methoxy groups -OCH3 is 2. The van der Waals surface area contributed by atoms with Crippen LogP contribution in [0.4, 0.5) is 32.3 Å². The molecule has 2 aromatic heterocycles. The van der Waals surface area contributed by atoms with Crippen molar-refractivity contribution in [3.05, 3.63) is 82.7 Å². The number of amides is 1. The number of aromatic nitrogens is 4. The summed E-state index contributed by atoms with van der Waals surface area (Å²) in [6.45, 7) is 15.1. The van der Waals surface area contributed by atoms with E-state index in [0.29, 0.717) is 31.5 Å². The van der Waals surface area contributed by atoms with Gasteiger partial charge in [0.05, 0.1) is 49.6 Å². The smallest absolute Gasteiger partial charge is 0.317 e. The van der Waals surface area contributed by atoms with E-state index in [9.17, 15) is 28.0 Å². The SMILES string of the molecule is CCN(CC)CC(=O)N1CCC(Nc2ncc(C(=O)c3cc(F)ccc3OC)c(N)n2)CC1.CCN(CC)CC(=O)O.COc1ccc(F)cc1C(=O)c1cnc(NC2CCNCC2)nc1N. The van der Waals surface area contributed by atoms with Crippen LogP contribution >= 0.6 is 0 Å². The number of hydrogen-bond acceptors (Lipinski definition) is 17. The number of carbonyl (C=O) groups excluding carboxylic acids is 3. The summed E-state index contributed by atoms with van der Waals surface area (Å²) in [6.07, 6.45) is 6.14. The van der Waals surface area contributed by atoms with E-state index in [1.807, 2.05) is 37.5 Å². The lowest BCUT2D eigenvalue weighted by Gasteiger charge is -2.33. The number of likely N-dealkylation sites (N-methyl/N-ethyl adjacent to an activating group) is 2. The molecule has 2 aromatic carbocycles. The minimum absolute atomic E-state index is 0.00403. The van der Waals surface area contributed by atoms with E-state index in [2.05, 4.69) is 40.8 Å². The van der Waals surface area contributed by atoms with Gasteiger partial charge in [0.15, 0.2) is 0 Å². The van der Waals surface area contributed by atoms with Crippen molar-refractivity contribution in [2.75, 3.05) is 102 Å². The van der Waals surface area contributed by atoms with Crippen molar-refractivity contribution in [3.63, 3.8) is 0 Å². The molecule has 0 unspecified atom stereocenters. The molecule has 2 fully saturated rings. The van der Waals surface area contributed by atoms with Crippen LogP contribution < -0.4 is 36.9 Å². The fourth-order valence-electron chi connectivity index (χ4n) is 7.27. The van der Waals surface area contributed by atoms with Gasteiger partial charge < -0.3 is 46.9 Å². The Kier molecular flexibility index (Phi) is 21.0. The molecule has 2 aliphatic rings. The van der Waals surface area contributed by atoms with Crippen molar-refractivity contribution in [1.29, 1.82) is 0 Å². The molecule has 0 aliphatic carbocycles. The third-order valence-electron chi connectivity index (χ3n) is 11.3. The Labute approximate surface area is 390 Å². The lowest BCUT2D eigenvalue weighted by Crippen LogP contribution is -2.46. The summed E-state index contributed by atoms with van der Waals surface area (Å²) < 4.78 is 37.4. The highest BCUT2D eigenvalue weighted by Gasteiger charge is 2.26. The average Bonchev–Trinajstić information content (AvgIpc) is 3.33. The van der Waals surface area contributed by atoms with Crippen molar-refractivity contribution >= 4 is 47.0 Å². The molecule has 0 saturated carbocycles. The molecule has 4 aromatic rings. The number of carbonyl (C=O) groups is 4. The normalized spacial score (nSPS) is 14.0. The number of benzene rings is 2. The molecule has 6 rings (SSSR count). The number of carboxylic acid groups (broad SMARTS) is 1. The van der Waals surface area contributed by atoms with Gasteiger partial charge >= 0.3 is 5.97 Å². The van der Waals surface area contributed by atoms with Gasteiger partial charge in [0.25, 0.3) is 0 Å². The molecular weight excluding hydrogens is 871 g/mol. The maximum Gasteiger partial charge on any atom is 0.317 e. The van der Waals surface area contributed by atoms with Gasteiger partial charge in [-0.15, -0.1) is 0 Å². The molecule has 364 valence electrons. The Morgan fingerprint density at radius 3 is 1.49 bits per heavy atom. The van der Waals surface area contributed by atoms with Crippen LogP contribution in [0.25, 0.3) is 0 Å². The number of nitrogens with zero attached hydrogens (tertiary/aromatic N) is 7. The minimum Gasteiger partial charge on any atom is -0.496 e. The topological polar surface area (TPSA) is 256 Å². The van der Waals surface area contributed by atoms with Crippen molar-refractivity contribution < 1.29 is 42.5 Å². The molecule has 0 radical (unpaired) electrons. The maximum absolute atomic E-state index is 13.7. The number of halogens is 2. The molecule has 4 heterocycles. The van der Waals surface area contributed by atoms with E-state index in [-0.39, 0.29) is 69.9 Å². The predicted molar refractivity (Wildman–Crippen MR) is 252 cm³/mol. The summed E-state index contributed by atoms with van der Waals surface area (Å²) in [6, 6.07) is 7.79. The molecule has 1 amide bonds. The zero-order valence-corrected chi connectivity index (χ0v) is 39.1. The highest BCUT2D eigenvalue weighted by Crippen LogP contribution is 2.27. The van der Waals surface area contributed by atoms with Gasteiger partial charge in [-0.1, -0.05) is 27.7 Å². The van der Waals surface area contributed by atoms with Gasteiger partial charge in [0.1, 0.15) is 34.8 Å². The number of aliphatic carboxylic acids is 1. The molecule has 67 heavy (non-hydrogen) atoms. The second-order valence-corrected chi connectivity index (χ2v) is 15.6. The average molecular weight is 935 g/mol. The number of nitrogen functional groups attached to an aromatic ring is 2. The summed E-state index contributed by atoms with van der Waals surface area (Å²) in [5, 5.41) is 18.0. The van der Waals surface area contributed by atoms with Gasteiger partial charge in [-0.25, -0.2) is 18.7 Å². The number of rotatable bonds is 18. The molecule has 19 nitrogen and oxygen atoms in total. The second-order valence-electron chi connectivity index (χ2n) is 15.6. The molecule has 2 saturated heterocycles. The van der Waals surface area contributed by atoms with Crippen molar-refractivity contribution in [1.82, 2.24) is 40.0 Å². The largest absolute Gasteiger partial charge is 0.496 e. The first-order valence-corrected chi connectivity index (χ1v) is 22.3. The Morgan fingerprint density at radius 1 is 0.701 bits per heavy atom. The van der Waals surface area contributed by atoms with Gasteiger partial charge in [0.2, 0.25) is 29.4 Å². The standard InChI is InChI=1S/C23H31FN6O3.C17H20FN5O2.C6H13NO2/c1-4-29(5-2)14-20(31)30-10-8-16(9-11-30)27-23-26-13-18(22(25)28-23)21(32)17-12-15(24)6-7-19(17)33-3;1-25-14-3-2-10(18)8-12(14)15(24)13-9-21-17(23-16(13)19)22-11-4-6-20-7-5-11;1-3-7(4-2)5-6(8)9/h6-7,12-13,16H,4-5,8-11,14H2,1-3H3,(H3,25,26,27,28);2-3,8-9,11,20H,4-7H2,1H3,(H3,19,21,22,23);3-5H2,1-2H3,(H,8,9). The van der Waals surface area contributed by atoms with Crippen LogP contribution in [0.3, 0.4) is 0 Å². The van der Waals surface area contributed by atoms with Gasteiger partial charge in [0, 0.05) is 37.6 Å². The minimum atomic E-state index is -0.751. The first kappa shape index (κ1) is 53.0. The number of ketones is 2. The van der Waals surface area contributed by atoms with Crippen LogP contribution in [0, 0.1) is 11.6 Å². The number of anilines is 4. The highest BCUT2D eigenvalue weighted by atomic mass is 19.1. The van der Waals surface area contributed by atoms with E-state index in [4.69, 9.17) is 26.0 Å².